The summed E-state index contributed by atoms with van der Waals surface area (Å²) in [5, 5.41) is 14.9. The highest BCUT2D eigenvalue weighted by atomic mass is 35.5. The second-order valence-corrected chi connectivity index (χ2v) is 6.82. The first kappa shape index (κ1) is 20.4. The van der Waals surface area contributed by atoms with E-state index in [1.165, 1.54) is 0 Å². The lowest BCUT2D eigenvalue weighted by atomic mass is 9.84. The summed E-state index contributed by atoms with van der Waals surface area (Å²) in [7, 11) is 1.79. The van der Waals surface area contributed by atoms with E-state index in [-0.39, 0.29) is 18.3 Å². The van der Waals surface area contributed by atoms with Crippen molar-refractivity contribution < 1.29 is 9.90 Å². The molecule has 3 rings (SSSR count). The summed E-state index contributed by atoms with van der Waals surface area (Å²) in [5.41, 5.74) is -0.462. The molecule has 1 aliphatic rings. The Morgan fingerprint density at radius 3 is 1.96 bits per heavy atom. The molecule has 2 N–H and O–H groups in total. The molecule has 1 saturated heterocycles. The predicted octanol–water partition coefficient (Wildman–Crippen LogP) is 2.80. The van der Waals surface area contributed by atoms with Crippen molar-refractivity contribution in [2.24, 2.45) is 5.92 Å². The second-order valence-electron chi connectivity index (χ2n) is 6.82. The Bertz CT molecular complexity index is 648. The van der Waals surface area contributed by atoms with Gasteiger partial charge in [-0.15, -0.1) is 12.4 Å². The van der Waals surface area contributed by atoms with E-state index < -0.39 is 5.60 Å². The lowest BCUT2D eigenvalue weighted by Gasteiger charge is -2.34. The molecule has 0 saturated carbocycles. The third kappa shape index (κ3) is 4.26. The van der Waals surface area contributed by atoms with E-state index in [0.29, 0.717) is 23.6 Å². The van der Waals surface area contributed by atoms with Gasteiger partial charge in [-0.1, -0.05) is 60.7 Å². The molecule has 1 fully saturated rings. The van der Waals surface area contributed by atoms with Gasteiger partial charge in [-0.3, -0.25) is 4.79 Å². The van der Waals surface area contributed by atoms with Gasteiger partial charge in [-0.05, 0) is 43.0 Å². The Labute approximate surface area is 161 Å². The number of amides is 1. The minimum absolute atomic E-state index is 0. The van der Waals surface area contributed by atoms with Crippen LogP contribution in [0, 0.1) is 5.92 Å². The van der Waals surface area contributed by atoms with Gasteiger partial charge in [-0.25, -0.2) is 0 Å². The van der Waals surface area contributed by atoms with Gasteiger partial charge in [0.15, 0.2) is 5.60 Å². The van der Waals surface area contributed by atoms with Crippen LogP contribution in [0.1, 0.15) is 24.0 Å². The minimum atomic E-state index is -1.66. The van der Waals surface area contributed by atoms with Gasteiger partial charge in [0.1, 0.15) is 0 Å². The van der Waals surface area contributed by atoms with Crippen molar-refractivity contribution in [1.82, 2.24) is 10.2 Å². The molecule has 26 heavy (non-hydrogen) atoms. The van der Waals surface area contributed by atoms with Crippen LogP contribution in [0.25, 0.3) is 0 Å². The lowest BCUT2D eigenvalue weighted by Crippen LogP contribution is -2.48. The van der Waals surface area contributed by atoms with Crippen LogP contribution in [-0.4, -0.2) is 42.6 Å². The summed E-state index contributed by atoms with van der Waals surface area (Å²) >= 11 is 0. The van der Waals surface area contributed by atoms with E-state index in [0.717, 1.165) is 25.9 Å². The Morgan fingerprint density at radius 1 is 1.04 bits per heavy atom. The van der Waals surface area contributed by atoms with Crippen molar-refractivity contribution in [3.8, 4) is 0 Å². The van der Waals surface area contributed by atoms with Crippen molar-refractivity contribution in [2.45, 2.75) is 18.4 Å². The number of carbonyl (C=O) groups excluding carboxylic acids is 1. The number of nitrogens with zero attached hydrogens (tertiary/aromatic N) is 1. The quantitative estimate of drug-likeness (QED) is 0.846. The van der Waals surface area contributed by atoms with E-state index >= 15 is 0 Å². The predicted molar refractivity (Wildman–Crippen MR) is 106 cm³/mol. The number of likely N-dealkylation sites (N-methyl/N-ethyl adjacent to an activating group) is 1. The molecule has 140 valence electrons. The highest BCUT2D eigenvalue weighted by Gasteiger charge is 2.42. The summed E-state index contributed by atoms with van der Waals surface area (Å²) in [6.07, 6.45) is 2.12. The van der Waals surface area contributed by atoms with Crippen LogP contribution in [0.4, 0.5) is 0 Å². The van der Waals surface area contributed by atoms with Crippen molar-refractivity contribution >= 4 is 18.3 Å². The zero-order valence-corrected chi connectivity index (χ0v) is 15.9. The Kier molecular flexibility index (Phi) is 7.21. The van der Waals surface area contributed by atoms with Crippen LogP contribution in [-0.2, 0) is 10.4 Å². The zero-order valence-electron chi connectivity index (χ0n) is 15.1. The standard InChI is InChI=1S/C21H26N2O2.ClH/c1-23(16-17-12-14-22-15-13-17)20(24)21(25,18-8-4-2-5-9-18)19-10-6-3-7-11-19;/h2-11,17,22,25H,12-16H2,1H3;1H. The molecular weight excluding hydrogens is 348 g/mol. The first-order valence-corrected chi connectivity index (χ1v) is 8.92. The first-order chi connectivity index (χ1) is 12.1. The Hall–Kier alpha value is -1.88. The topological polar surface area (TPSA) is 52.6 Å². The number of benzene rings is 2. The summed E-state index contributed by atoms with van der Waals surface area (Å²) in [4.78, 5) is 15.0. The molecule has 0 bridgehead atoms. The third-order valence-corrected chi connectivity index (χ3v) is 5.03. The van der Waals surface area contributed by atoms with Crippen LogP contribution in [0.5, 0.6) is 0 Å². The fourth-order valence-electron chi connectivity index (χ4n) is 3.58. The van der Waals surface area contributed by atoms with Crippen molar-refractivity contribution in [3.63, 3.8) is 0 Å². The molecule has 4 nitrogen and oxygen atoms in total. The van der Waals surface area contributed by atoms with Crippen LogP contribution < -0.4 is 5.32 Å². The summed E-state index contributed by atoms with van der Waals surface area (Å²) in [6, 6.07) is 18.4. The van der Waals surface area contributed by atoms with Crippen LogP contribution in [0.3, 0.4) is 0 Å². The molecule has 0 radical (unpaired) electrons. The number of aliphatic hydroxyl groups is 1. The van der Waals surface area contributed by atoms with Gasteiger partial charge < -0.3 is 15.3 Å². The number of halogens is 1. The molecule has 0 aliphatic carbocycles. The number of hydrogen-bond acceptors (Lipinski definition) is 3. The van der Waals surface area contributed by atoms with Crippen molar-refractivity contribution in [2.75, 3.05) is 26.7 Å². The number of piperidine rings is 1. The first-order valence-electron chi connectivity index (χ1n) is 8.92. The van der Waals surface area contributed by atoms with E-state index in [1.807, 2.05) is 60.7 Å². The summed E-state index contributed by atoms with van der Waals surface area (Å²) in [5.74, 6) is 0.203. The van der Waals surface area contributed by atoms with Crippen LogP contribution in [0.2, 0.25) is 0 Å². The molecule has 1 amide bonds. The van der Waals surface area contributed by atoms with E-state index in [9.17, 15) is 9.90 Å². The van der Waals surface area contributed by atoms with Crippen molar-refractivity contribution in [1.29, 1.82) is 0 Å². The van der Waals surface area contributed by atoms with Crippen LogP contribution in [0.15, 0.2) is 60.7 Å². The molecule has 2 aromatic rings. The average Bonchev–Trinajstić information content (AvgIpc) is 2.69. The fraction of sp³-hybridized carbons (Fsp3) is 0.381. The van der Waals surface area contributed by atoms with E-state index in [2.05, 4.69) is 5.32 Å². The van der Waals surface area contributed by atoms with Gasteiger partial charge in [0, 0.05) is 13.6 Å². The minimum Gasteiger partial charge on any atom is -0.372 e. The maximum atomic E-state index is 13.3. The molecule has 5 heteroatoms. The molecule has 1 aliphatic heterocycles. The highest BCUT2D eigenvalue weighted by molar-refractivity contribution is 5.90. The number of carbonyl (C=O) groups is 1. The molecule has 0 aromatic heterocycles. The van der Waals surface area contributed by atoms with Crippen LogP contribution >= 0.6 is 12.4 Å². The Balaban J connectivity index is 0.00000243. The van der Waals surface area contributed by atoms with Gasteiger partial charge >= 0.3 is 0 Å². The van der Waals surface area contributed by atoms with Crippen molar-refractivity contribution in [3.05, 3.63) is 71.8 Å². The maximum Gasteiger partial charge on any atom is 0.263 e. The molecule has 0 spiro atoms. The highest BCUT2D eigenvalue weighted by Crippen LogP contribution is 2.32. The van der Waals surface area contributed by atoms with Gasteiger partial charge in [0.05, 0.1) is 0 Å². The monoisotopic (exact) mass is 374 g/mol. The number of rotatable bonds is 5. The van der Waals surface area contributed by atoms with E-state index in [4.69, 9.17) is 0 Å². The average molecular weight is 375 g/mol. The molecule has 0 atom stereocenters. The molecule has 1 heterocycles. The van der Waals surface area contributed by atoms with Gasteiger partial charge in [0.2, 0.25) is 0 Å². The Morgan fingerprint density at radius 2 is 1.50 bits per heavy atom. The zero-order chi connectivity index (χ0) is 17.7. The third-order valence-electron chi connectivity index (χ3n) is 5.03. The second kappa shape index (κ2) is 9.17. The molecule has 2 aromatic carbocycles. The summed E-state index contributed by atoms with van der Waals surface area (Å²) in [6.45, 7) is 2.66. The largest absolute Gasteiger partial charge is 0.372 e. The smallest absolute Gasteiger partial charge is 0.263 e. The number of hydrogen-bond donors (Lipinski definition) is 2. The fourth-order valence-corrected chi connectivity index (χ4v) is 3.58. The lowest BCUT2D eigenvalue weighted by molar-refractivity contribution is -0.147. The molecule has 0 unspecified atom stereocenters. The van der Waals surface area contributed by atoms with Gasteiger partial charge in [-0.2, -0.15) is 0 Å². The van der Waals surface area contributed by atoms with E-state index in [1.54, 1.807) is 11.9 Å². The normalized spacial score (nSPS) is 15.2. The summed E-state index contributed by atoms with van der Waals surface area (Å²) < 4.78 is 0. The van der Waals surface area contributed by atoms with Gasteiger partial charge in [0.25, 0.3) is 5.91 Å². The molecular formula is C21H27ClN2O2. The maximum absolute atomic E-state index is 13.3. The SMILES string of the molecule is CN(CC1CCNCC1)C(=O)C(O)(c1ccccc1)c1ccccc1.Cl. The number of nitrogens with one attached hydrogen (secondary N) is 1.